The lowest BCUT2D eigenvalue weighted by Gasteiger charge is -2.10. The van der Waals surface area contributed by atoms with Crippen LogP contribution < -0.4 is 5.32 Å². The lowest BCUT2D eigenvalue weighted by Crippen LogP contribution is -2.38. The van der Waals surface area contributed by atoms with Crippen LogP contribution >= 0.6 is 22.7 Å². The van der Waals surface area contributed by atoms with E-state index < -0.39 is 12.1 Å². The maximum atomic E-state index is 11.8. The summed E-state index contributed by atoms with van der Waals surface area (Å²) in [5, 5.41) is 16.0. The summed E-state index contributed by atoms with van der Waals surface area (Å²) < 4.78 is 4.74. The number of methoxy groups -OCH3 is 1. The number of thiazole rings is 1. The normalized spacial score (nSPS) is 12.0. The molecule has 0 aliphatic carbocycles. The van der Waals surface area contributed by atoms with Crippen LogP contribution in [0, 0.1) is 0 Å². The number of rotatable bonds is 7. The average molecular weight is 326 g/mol. The molecule has 6 nitrogen and oxygen atoms in total. The average Bonchev–Trinajstić information content (AvgIpc) is 3.09. The number of aromatic nitrogens is 1. The summed E-state index contributed by atoms with van der Waals surface area (Å²) in [6.07, 6.45) is -0.913. The first-order chi connectivity index (χ1) is 10.1. The van der Waals surface area contributed by atoms with E-state index in [0.29, 0.717) is 5.69 Å². The molecule has 2 aromatic heterocycles. The lowest BCUT2D eigenvalue weighted by molar-refractivity contribution is -0.148. The molecule has 0 aliphatic rings. The first kappa shape index (κ1) is 15.6. The van der Waals surface area contributed by atoms with Gasteiger partial charge in [-0.25, -0.2) is 9.78 Å². The fraction of sp³-hybridized carbons (Fsp3) is 0.308. The Balaban J connectivity index is 1.87. The van der Waals surface area contributed by atoms with E-state index in [0.717, 1.165) is 9.88 Å². The Bertz CT molecular complexity index is 609. The van der Waals surface area contributed by atoms with Gasteiger partial charge in [-0.3, -0.25) is 4.79 Å². The van der Waals surface area contributed by atoms with E-state index in [-0.39, 0.29) is 18.9 Å². The van der Waals surface area contributed by atoms with Crippen LogP contribution in [-0.4, -0.2) is 41.7 Å². The van der Waals surface area contributed by atoms with Crippen molar-refractivity contribution in [3.05, 3.63) is 28.6 Å². The summed E-state index contributed by atoms with van der Waals surface area (Å²) in [5.41, 5.74) is 0.671. The van der Waals surface area contributed by atoms with Crippen molar-refractivity contribution in [3.8, 4) is 9.88 Å². The molecule has 1 amide bonds. The zero-order valence-electron chi connectivity index (χ0n) is 11.2. The molecular weight excluding hydrogens is 312 g/mol. The molecule has 2 N–H and O–H groups in total. The van der Waals surface area contributed by atoms with Crippen molar-refractivity contribution in [2.45, 2.75) is 12.5 Å². The molecule has 0 saturated carbocycles. The predicted octanol–water partition coefficient (Wildman–Crippen LogP) is 1.63. The number of nitrogens with zero attached hydrogens (tertiary/aromatic N) is 1. The highest BCUT2D eigenvalue weighted by atomic mass is 32.1. The molecule has 1 atom stereocenters. The van der Waals surface area contributed by atoms with Gasteiger partial charge in [0.25, 0.3) is 0 Å². The van der Waals surface area contributed by atoms with Crippen LogP contribution in [0.15, 0.2) is 22.9 Å². The summed E-state index contributed by atoms with van der Waals surface area (Å²) in [6, 6.07) is 3.92. The topological polar surface area (TPSA) is 88.5 Å². The molecule has 112 valence electrons. The quantitative estimate of drug-likeness (QED) is 0.807. The van der Waals surface area contributed by atoms with E-state index in [1.807, 2.05) is 22.9 Å². The number of carboxylic acids is 1. The first-order valence-corrected chi connectivity index (χ1v) is 7.86. The maximum absolute atomic E-state index is 11.8. The van der Waals surface area contributed by atoms with Gasteiger partial charge in [-0.2, -0.15) is 0 Å². The predicted molar refractivity (Wildman–Crippen MR) is 80.6 cm³/mol. The molecule has 0 aliphatic heterocycles. The van der Waals surface area contributed by atoms with Gasteiger partial charge >= 0.3 is 5.97 Å². The Kier molecular flexibility index (Phi) is 5.43. The fourth-order valence-corrected chi connectivity index (χ4v) is 3.24. The van der Waals surface area contributed by atoms with Crippen molar-refractivity contribution in [1.82, 2.24) is 10.3 Å². The van der Waals surface area contributed by atoms with Gasteiger partial charge in [0, 0.05) is 12.5 Å². The van der Waals surface area contributed by atoms with E-state index >= 15 is 0 Å². The van der Waals surface area contributed by atoms with Gasteiger partial charge in [0.2, 0.25) is 5.91 Å². The largest absolute Gasteiger partial charge is 0.479 e. The maximum Gasteiger partial charge on any atom is 0.334 e. The zero-order chi connectivity index (χ0) is 15.2. The number of aliphatic carboxylic acids is 1. The van der Waals surface area contributed by atoms with Gasteiger partial charge in [0.15, 0.2) is 6.10 Å². The Hall–Kier alpha value is -1.77. The number of nitrogens with one attached hydrogen (secondary N) is 1. The number of hydrogen-bond acceptors (Lipinski definition) is 6. The number of hydrogen-bond donors (Lipinski definition) is 2. The number of amides is 1. The van der Waals surface area contributed by atoms with Crippen LogP contribution in [0.4, 0.5) is 0 Å². The van der Waals surface area contributed by atoms with Crippen molar-refractivity contribution >= 4 is 34.6 Å². The molecule has 0 spiro atoms. The highest BCUT2D eigenvalue weighted by Gasteiger charge is 2.17. The number of carboxylic acid groups (broad SMARTS) is 1. The summed E-state index contributed by atoms with van der Waals surface area (Å²) >= 11 is 3.08. The Labute approximate surface area is 129 Å². The summed E-state index contributed by atoms with van der Waals surface area (Å²) in [4.78, 5) is 28.0. The highest BCUT2D eigenvalue weighted by Crippen LogP contribution is 2.27. The molecule has 0 radical (unpaired) electrons. The molecule has 2 rings (SSSR count). The number of carbonyl (C=O) groups is 2. The van der Waals surface area contributed by atoms with Crippen LogP contribution in [0.2, 0.25) is 0 Å². The van der Waals surface area contributed by atoms with Crippen molar-refractivity contribution < 1.29 is 19.4 Å². The van der Waals surface area contributed by atoms with Crippen LogP contribution in [0.5, 0.6) is 0 Å². The minimum Gasteiger partial charge on any atom is -0.479 e. The van der Waals surface area contributed by atoms with Crippen LogP contribution in [0.1, 0.15) is 5.69 Å². The summed E-state index contributed by atoms with van der Waals surface area (Å²) in [5.74, 6) is -1.38. The van der Waals surface area contributed by atoms with Crippen LogP contribution in [0.25, 0.3) is 9.88 Å². The third-order valence-corrected chi connectivity index (χ3v) is 4.60. The molecule has 0 fully saturated rings. The van der Waals surface area contributed by atoms with E-state index in [4.69, 9.17) is 9.84 Å². The van der Waals surface area contributed by atoms with E-state index in [1.54, 1.807) is 11.3 Å². The third kappa shape index (κ3) is 4.35. The molecule has 2 heterocycles. The summed E-state index contributed by atoms with van der Waals surface area (Å²) in [6.45, 7) is -0.0629. The molecular formula is C13H14N2O4S2. The van der Waals surface area contributed by atoms with Gasteiger partial charge in [-0.15, -0.1) is 22.7 Å². The minimum atomic E-state index is -1.11. The van der Waals surface area contributed by atoms with Gasteiger partial charge < -0.3 is 15.2 Å². The number of thiophene rings is 1. The third-order valence-electron chi connectivity index (χ3n) is 2.67. The second kappa shape index (κ2) is 7.30. The number of ether oxygens (including phenoxy) is 1. The smallest absolute Gasteiger partial charge is 0.334 e. The molecule has 0 saturated heterocycles. The number of carbonyl (C=O) groups excluding carboxylic acids is 1. The van der Waals surface area contributed by atoms with Gasteiger partial charge in [-0.1, -0.05) is 6.07 Å². The van der Waals surface area contributed by atoms with Crippen molar-refractivity contribution in [3.63, 3.8) is 0 Å². The van der Waals surface area contributed by atoms with Crippen molar-refractivity contribution in [2.75, 3.05) is 13.7 Å². The van der Waals surface area contributed by atoms with Crippen molar-refractivity contribution in [2.24, 2.45) is 0 Å². The zero-order valence-corrected chi connectivity index (χ0v) is 12.9. The standard InChI is InChI=1S/C13H14N2O4S2/c1-19-9(13(17)18)6-14-11(16)5-8-7-21-12(15-8)10-3-2-4-20-10/h2-4,7,9H,5-6H2,1H3,(H,14,16)(H,17,18). The van der Waals surface area contributed by atoms with Gasteiger partial charge in [-0.05, 0) is 11.4 Å². The minimum absolute atomic E-state index is 0.0629. The Morgan fingerprint density at radius 1 is 1.48 bits per heavy atom. The lowest BCUT2D eigenvalue weighted by atomic mass is 10.3. The van der Waals surface area contributed by atoms with Gasteiger partial charge in [0.1, 0.15) is 5.01 Å². The van der Waals surface area contributed by atoms with Gasteiger partial charge in [0.05, 0.1) is 23.5 Å². The first-order valence-electron chi connectivity index (χ1n) is 6.10. The van der Waals surface area contributed by atoms with E-state index in [9.17, 15) is 9.59 Å². The molecule has 0 aromatic carbocycles. The highest BCUT2D eigenvalue weighted by molar-refractivity contribution is 7.20. The van der Waals surface area contributed by atoms with E-state index in [1.165, 1.54) is 18.4 Å². The van der Waals surface area contributed by atoms with E-state index in [2.05, 4.69) is 10.3 Å². The summed E-state index contributed by atoms with van der Waals surface area (Å²) in [7, 11) is 1.29. The molecule has 21 heavy (non-hydrogen) atoms. The second-order valence-electron chi connectivity index (χ2n) is 4.16. The van der Waals surface area contributed by atoms with Crippen LogP contribution in [-0.2, 0) is 20.7 Å². The SMILES string of the molecule is COC(CNC(=O)Cc1csc(-c2cccs2)n1)C(=O)O. The van der Waals surface area contributed by atoms with Crippen LogP contribution in [0.3, 0.4) is 0 Å². The van der Waals surface area contributed by atoms with Crippen molar-refractivity contribution in [1.29, 1.82) is 0 Å². The monoisotopic (exact) mass is 326 g/mol. The Morgan fingerprint density at radius 3 is 2.90 bits per heavy atom. The molecule has 0 bridgehead atoms. The fourth-order valence-electron chi connectivity index (χ4n) is 1.61. The molecule has 8 heteroatoms. The second-order valence-corrected chi connectivity index (χ2v) is 5.97. The Morgan fingerprint density at radius 2 is 2.29 bits per heavy atom. The molecule has 1 unspecified atom stereocenters. The molecule has 2 aromatic rings.